The highest BCUT2D eigenvalue weighted by Gasteiger charge is 2.43. The zero-order chi connectivity index (χ0) is 21.6. The van der Waals surface area contributed by atoms with Crippen LogP contribution in [0.3, 0.4) is 0 Å². The molecule has 4 nitrogen and oxygen atoms in total. The summed E-state index contributed by atoms with van der Waals surface area (Å²) >= 11 is 3.37. The molecule has 156 valence electrons. The van der Waals surface area contributed by atoms with Gasteiger partial charge in [0, 0.05) is 6.42 Å². The number of aliphatic imine (C=N–C) groups is 1. The molecule has 0 aliphatic carbocycles. The molecule has 1 aliphatic heterocycles. The Bertz CT molecular complexity index is 993. The largest absolute Gasteiger partial charge is 0.740 e. The number of halogens is 7. The van der Waals surface area contributed by atoms with Crippen molar-refractivity contribution in [2.75, 3.05) is 0 Å². The first-order valence-corrected chi connectivity index (χ1v) is 10.4. The second-order valence-electron chi connectivity index (χ2n) is 6.04. The highest BCUT2D eigenvalue weighted by molar-refractivity contribution is 9.26. The van der Waals surface area contributed by atoms with E-state index in [1.54, 1.807) is 0 Å². The van der Waals surface area contributed by atoms with Gasteiger partial charge in [0.2, 0.25) is 0 Å². The van der Waals surface area contributed by atoms with Crippen molar-refractivity contribution in [3.63, 3.8) is 0 Å². The molecule has 1 heterocycles. The number of rotatable bonds is 4. The highest BCUT2D eigenvalue weighted by atomic mass is 79.9. The van der Waals surface area contributed by atoms with Gasteiger partial charge in [-0.15, -0.1) is 0 Å². The van der Waals surface area contributed by atoms with Crippen molar-refractivity contribution >= 4 is 48.9 Å². The van der Waals surface area contributed by atoms with E-state index in [-0.39, 0.29) is 23.3 Å². The predicted octanol–water partition coefficient (Wildman–Crippen LogP) is 5.58. The summed E-state index contributed by atoms with van der Waals surface area (Å²) in [6, 6.07) is 5.13. The molecule has 0 radical (unpaired) electrons. The Kier molecular flexibility index (Phi) is 6.19. The van der Waals surface area contributed by atoms with E-state index in [0.717, 1.165) is 24.3 Å². The van der Waals surface area contributed by atoms with Crippen LogP contribution in [-0.2, 0) is 17.5 Å². The van der Waals surface area contributed by atoms with E-state index < -0.39 is 49.8 Å². The summed E-state index contributed by atoms with van der Waals surface area (Å²) in [6.07, 6.45) is -4.76. The van der Waals surface area contributed by atoms with Crippen LogP contribution in [0.15, 0.2) is 41.4 Å². The van der Waals surface area contributed by atoms with Gasteiger partial charge in [0.05, 0.1) is 22.9 Å². The maximum Gasteiger partial charge on any atom is 0.420 e. The molecule has 0 amide bonds. The number of alkyl halides is 5. The summed E-state index contributed by atoms with van der Waals surface area (Å²) in [5.74, 6) is -2.63. The Balaban J connectivity index is 2.07. The molecule has 0 saturated heterocycles. The van der Waals surface area contributed by atoms with Crippen LogP contribution in [0.25, 0.3) is 0 Å². The maximum absolute atomic E-state index is 14.2. The molecule has 0 N–H and O–H groups in total. The molecule has 0 fully saturated rings. The molecule has 2 aromatic rings. The summed E-state index contributed by atoms with van der Waals surface area (Å²) in [6.45, 7) is 0. The second-order valence-corrected chi connectivity index (χ2v) is 10.4. The van der Waals surface area contributed by atoms with E-state index in [1.807, 2.05) is 0 Å². The average molecular weight is 562 g/mol. The van der Waals surface area contributed by atoms with Crippen molar-refractivity contribution in [2.45, 2.75) is 21.9 Å². The van der Waals surface area contributed by atoms with E-state index in [4.69, 9.17) is 0 Å². The summed E-state index contributed by atoms with van der Waals surface area (Å²) in [7, 11) is 0. The number of hydrogen-bond donors (Lipinski definition) is 0. The van der Waals surface area contributed by atoms with Gasteiger partial charge in [-0.05, 0) is 29.8 Å². The lowest BCUT2D eigenvalue weighted by Gasteiger charge is -2.19. The first-order chi connectivity index (χ1) is 13.4. The Hall–Kier alpha value is -1.37. The summed E-state index contributed by atoms with van der Waals surface area (Å²) < 4.78 is 92.4. The number of hydrogen-bond acceptors (Lipinski definition) is 4. The lowest BCUT2D eigenvalue weighted by atomic mass is 10.0. The summed E-state index contributed by atoms with van der Waals surface area (Å²) in [5, 5.41) is 0. The fraction of sp³-hybridized carbons (Fsp3) is 0.235. The second kappa shape index (κ2) is 8.05. The fourth-order valence-electron chi connectivity index (χ4n) is 2.92. The predicted molar refractivity (Wildman–Crippen MR) is 102 cm³/mol. The van der Waals surface area contributed by atoms with Gasteiger partial charge in [0.1, 0.15) is 26.2 Å². The van der Waals surface area contributed by atoms with Crippen LogP contribution in [0.5, 0.6) is 5.75 Å². The zero-order valence-corrected chi connectivity index (χ0v) is 18.0. The van der Waals surface area contributed by atoms with Crippen molar-refractivity contribution in [1.29, 1.82) is 0 Å². The van der Waals surface area contributed by atoms with Crippen LogP contribution >= 0.6 is 31.9 Å². The van der Waals surface area contributed by atoms with Crippen molar-refractivity contribution in [1.82, 2.24) is 0 Å². The van der Waals surface area contributed by atoms with Gasteiger partial charge >= 0.3 is 6.18 Å². The molecule has 0 bridgehead atoms. The Labute approximate surface area is 180 Å². The maximum atomic E-state index is 14.2. The van der Waals surface area contributed by atoms with Crippen LogP contribution < -0.4 is 4.18 Å². The SMILES string of the molecule is O=S([O-])Oc1cc([C@H]2CC(Br)(Br)C(c3c(F)cccc3F)=N2)ccc1C(F)(F)F. The van der Waals surface area contributed by atoms with E-state index in [2.05, 4.69) is 41.0 Å². The third-order valence-electron chi connectivity index (χ3n) is 4.13. The smallest absolute Gasteiger partial charge is 0.420 e. The minimum atomic E-state index is -4.85. The molecule has 2 atom stereocenters. The van der Waals surface area contributed by atoms with Gasteiger partial charge in [-0.25, -0.2) is 13.0 Å². The summed E-state index contributed by atoms with van der Waals surface area (Å²) in [5.41, 5.74) is -1.51. The molecular formula is C17H9Br2F5NO3S-. The third kappa shape index (κ3) is 4.70. The van der Waals surface area contributed by atoms with E-state index >= 15 is 0 Å². The average Bonchev–Trinajstić information content (AvgIpc) is 2.88. The van der Waals surface area contributed by atoms with Crippen molar-refractivity contribution in [3.8, 4) is 5.75 Å². The number of benzene rings is 2. The minimum Gasteiger partial charge on any atom is -0.740 e. The Morgan fingerprint density at radius 3 is 2.34 bits per heavy atom. The van der Waals surface area contributed by atoms with Gasteiger partial charge in [-0.2, -0.15) is 13.2 Å². The van der Waals surface area contributed by atoms with Gasteiger partial charge in [-0.1, -0.05) is 44.0 Å². The highest BCUT2D eigenvalue weighted by Crippen LogP contribution is 2.48. The van der Waals surface area contributed by atoms with E-state index in [1.165, 1.54) is 6.07 Å². The van der Waals surface area contributed by atoms with Gasteiger partial charge in [0.15, 0.2) is 5.75 Å². The third-order valence-corrected chi connectivity index (χ3v) is 5.85. The zero-order valence-electron chi connectivity index (χ0n) is 14.0. The van der Waals surface area contributed by atoms with Crippen molar-refractivity contribution < 1.29 is 34.9 Å². The first kappa shape index (κ1) is 22.3. The number of nitrogens with zero attached hydrogens (tertiary/aromatic N) is 1. The van der Waals surface area contributed by atoms with Crippen molar-refractivity contribution in [3.05, 3.63) is 64.7 Å². The normalized spacial score (nSPS) is 19.7. The van der Waals surface area contributed by atoms with Gasteiger partial charge in [-0.3, -0.25) is 4.99 Å². The topological polar surface area (TPSA) is 61.7 Å². The molecule has 29 heavy (non-hydrogen) atoms. The monoisotopic (exact) mass is 560 g/mol. The van der Waals surface area contributed by atoms with Crippen LogP contribution in [0.2, 0.25) is 0 Å². The minimum absolute atomic E-state index is 0.0205. The molecule has 0 spiro atoms. The summed E-state index contributed by atoms with van der Waals surface area (Å²) in [4.78, 5) is 4.27. The lowest BCUT2D eigenvalue weighted by molar-refractivity contribution is -0.138. The quantitative estimate of drug-likeness (QED) is 0.278. The van der Waals surface area contributed by atoms with Crippen molar-refractivity contribution in [2.24, 2.45) is 4.99 Å². The van der Waals surface area contributed by atoms with Crippen LogP contribution in [0.4, 0.5) is 22.0 Å². The molecule has 12 heteroatoms. The van der Waals surface area contributed by atoms with E-state index in [0.29, 0.717) is 6.07 Å². The van der Waals surface area contributed by atoms with Gasteiger partial charge < -0.3 is 8.74 Å². The molecule has 0 saturated carbocycles. The molecule has 1 unspecified atom stereocenters. The van der Waals surface area contributed by atoms with Crippen LogP contribution in [0, 0.1) is 11.6 Å². The van der Waals surface area contributed by atoms with Gasteiger partial charge in [0.25, 0.3) is 0 Å². The van der Waals surface area contributed by atoms with E-state index in [9.17, 15) is 30.7 Å². The lowest BCUT2D eigenvalue weighted by Crippen LogP contribution is -2.23. The van der Waals surface area contributed by atoms with Crippen LogP contribution in [0.1, 0.15) is 29.2 Å². The molecule has 3 rings (SSSR count). The molecule has 2 aromatic carbocycles. The Morgan fingerprint density at radius 2 is 1.79 bits per heavy atom. The standard InChI is InChI=1S/C17H10Br2F5NO3S/c18-16(19)7-12(25-15(16)14-10(20)2-1-3-11(14)21)8-4-5-9(17(22,23)24)13(6-8)28-29(26)27/h1-6,12H,7H2,(H,26,27)/p-1/t12-/m1/s1. The first-order valence-electron chi connectivity index (χ1n) is 7.79. The fourth-order valence-corrected chi connectivity index (χ4v) is 4.42. The Morgan fingerprint density at radius 1 is 1.17 bits per heavy atom. The molecule has 1 aliphatic rings. The molecular weight excluding hydrogens is 553 g/mol. The molecule has 0 aromatic heterocycles. The van der Waals surface area contributed by atoms with Crippen LogP contribution in [-0.4, -0.2) is 17.7 Å².